The molecule has 122 valence electrons. The Labute approximate surface area is 137 Å². The van der Waals surface area contributed by atoms with Crippen molar-refractivity contribution in [3.63, 3.8) is 0 Å². The number of anilines is 1. The Morgan fingerprint density at radius 2 is 2.08 bits per heavy atom. The lowest BCUT2D eigenvalue weighted by molar-refractivity contribution is 0.0602. The van der Waals surface area contributed by atoms with E-state index in [0.717, 1.165) is 5.56 Å². The molecule has 1 aromatic carbocycles. The largest absolute Gasteiger partial charge is 0.465 e. The number of esters is 1. The van der Waals surface area contributed by atoms with E-state index in [1.807, 2.05) is 12.1 Å². The lowest BCUT2D eigenvalue weighted by Crippen LogP contribution is -2.07. The third-order valence-corrected chi connectivity index (χ3v) is 3.38. The first kappa shape index (κ1) is 15.7. The molecule has 1 N–H and O–H groups in total. The molecular weight excluding hydrogens is 313 g/mol. The average molecular weight is 327 g/mol. The maximum Gasteiger partial charge on any atom is 0.345 e. The van der Waals surface area contributed by atoms with Crippen LogP contribution in [0.5, 0.6) is 0 Å². The summed E-state index contributed by atoms with van der Waals surface area (Å²) in [7, 11) is 1.27. The molecule has 0 unspecified atom stereocenters. The highest BCUT2D eigenvalue weighted by atomic mass is 19.1. The first-order valence-electron chi connectivity index (χ1n) is 7.15. The van der Waals surface area contributed by atoms with E-state index in [4.69, 9.17) is 9.26 Å². The van der Waals surface area contributed by atoms with Crippen LogP contribution in [-0.2, 0) is 11.3 Å². The van der Waals surface area contributed by atoms with Crippen molar-refractivity contribution >= 4 is 11.9 Å². The minimum absolute atomic E-state index is 0.160. The Morgan fingerprint density at radius 3 is 2.75 bits per heavy atom. The number of carbonyl (C=O) groups excluding carboxylic acids is 1. The van der Waals surface area contributed by atoms with Crippen LogP contribution < -0.4 is 5.32 Å². The summed E-state index contributed by atoms with van der Waals surface area (Å²) in [6, 6.07) is 9.30. The number of methoxy groups -OCH3 is 1. The molecular formula is C17H14FN3O3. The second-order valence-electron chi connectivity index (χ2n) is 4.95. The van der Waals surface area contributed by atoms with Gasteiger partial charge in [-0.25, -0.2) is 9.18 Å². The first-order chi connectivity index (χ1) is 11.7. The maximum atomic E-state index is 13.1. The lowest BCUT2D eigenvalue weighted by Gasteiger charge is -2.05. The van der Waals surface area contributed by atoms with Crippen LogP contribution in [0.15, 0.2) is 53.3 Å². The molecule has 0 bridgehead atoms. The summed E-state index contributed by atoms with van der Waals surface area (Å²) < 4.78 is 23.1. The molecule has 3 rings (SSSR count). The number of carbonyl (C=O) groups is 1. The number of hydrogen-bond donors (Lipinski definition) is 1. The molecule has 6 nitrogen and oxygen atoms in total. The van der Waals surface area contributed by atoms with E-state index >= 15 is 0 Å². The van der Waals surface area contributed by atoms with Crippen LogP contribution in [0, 0.1) is 5.82 Å². The number of nitrogens with zero attached hydrogens (tertiary/aromatic N) is 2. The number of rotatable bonds is 5. The van der Waals surface area contributed by atoms with Crippen molar-refractivity contribution < 1.29 is 18.4 Å². The molecule has 0 spiro atoms. The van der Waals surface area contributed by atoms with Crippen LogP contribution in [0.2, 0.25) is 0 Å². The van der Waals surface area contributed by atoms with E-state index in [2.05, 4.69) is 15.5 Å². The van der Waals surface area contributed by atoms with Crippen LogP contribution >= 0.6 is 0 Å². The quantitative estimate of drug-likeness (QED) is 0.725. The highest BCUT2D eigenvalue weighted by Crippen LogP contribution is 2.30. The second-order valence-corrected chi connectivity index (χ2v) is 4.95. The van der Waals surface area contributed by atoms with Crippen LogP contribution in [0.25, 0.3) is 11.3 Å². The summed E-state index contributed by atoms with van der Waals surface area (Å²) in [6.45, 7) is 0.399. The smallest absolute Gasteiger partial charge is 0.345 e. The number of pyridine rings is 1. The maximum absolute atomic E-state index is 13.1. The average Bonchev–Trinajstić information content (AvgIpc) is 3.05. The fraction of sp³-hybridized carbons (Fsp3) is 0.118. The summed E-state index contributed by atoms with van der Waals surface area (Å²) in [4.78, 5) is 16.1. The van der Waals surface area contributed by atoms with Gasteiger partial charge in [0.1, 0.15) is 11.5 Å². The van der Waals surface area contributed by atoms with Gasteiger partial charge in [0.2, 0.25) is 5.88 Å². The van der Waals surface area contributed by atoms with Gasteiger partial charge in [-0.05, 0) is 35.9 Å². The van der Waals surface area contributed by atoms with Crippen LogP contribution in [0.4, 0.5) is 10.3 Å². The standard InChI is InChI=1S/C17H14FN3O3/c1-23-17(22)14-15(12-4-6-13(18)7-5-12)21-24-16(14)20-10-11-3-2-8-19-9-11/h2-9,20H,10H2,1H3. The predicted molar refractivity (Wildman–Crippen MR) is 84.8 cm³/mol. The van der Waals surface area contributed by atoms with Gasteiger partial charge in [0.15, 0.2) is 5.56 Å². The van der Waals surface area contributed by atoms with Crippen LogP contribution in [0.3, 0.4) is 0 Å². The molecule has 2 heterocycles. The molecule has 7 heteroatoms. The SMILES string of the molecule is COC(=O)c1c(-c2ccc(F)cc2)noc1NCc1cccnc1. The van der Waals surface area contributed by atoms with Crippen molar-refractivity contribution in [2.45, 2.75) is 6.54 Å². The number of ether oxygens (including phenoxy) is 1. The van der Waals surface area contributed by atoms with E-state index in [-0.39, 0.29) is 23.0 Å². The fourth-order valence-electron chi connectivity index (χ4n) is 2.19. The van der Waals surface area contributed by atoms with Crippen molar-refractivity contribution in [3.05, 3.63) is 65.7 Å². The molecule has 24 heavy (non-hydrogen) atoms. The zero-order valence-corrected chi connectivity index (χ0v) is 12.8. The van der Waals surface area contributed by atoms with Crippen LogP contribution in [0.1, 0.15) is 15.9 Å². The number of aromatic nitrogens is 2. The van der Waals surface area contributed by atoms with Gasteiger partial charge in [-0.1, -0.05) is 11.2 Å². The Hall–Kier alpha value is -3.22. The molecule has 0 aliphatic carbocycles. The zero-order chi connectivity index (χ0) is 16.9. The third kappa shape index (κ3) is 3.24. The van der Waals surface area contributed by atoms with Gasteiger partial charge in [0.25, 0.3) is 0 Å². The van der Waals surface area contributed by atoms with E-state index < -0.39 is 5.97 Å². The number of halogens is 1. The number of benzene rings is 1. The Bertz CT molecular complexity index is 832. The van der Waals surface area contributed by atoms with Crippen molar-refractivity contribution in [2.75, 3.05) is 12.4 Å². The molecule has 0 amide bonds. The molecule has 0 saturated heterocycles. The normalized spacial score (nSPS) is 10.4. The summed E-state index contributed by atoms with van der Waals surface area (Å²) in [6.07, 6.45) is 3.37. The fourth-order valence-corrected chi connectivity index (χ4v) is 2.19. The number of nitrogens with one attached hydrogen (secondary N) is 1. The summed E-state index contributed by atoms with van der Waals surface area (Å²) in [5.74, 6) is -0.786. The minimum Gasteiger partial charge on any atom is -0.465 e. The predicted octanol–water partition coefficient (Wildman–Crippen LogP) is 3.27. The topological polar surface area (TPSA) is 77.2 Å². The molecule has 3 aromatic rings. The summed E-state index contributed by atoms with van der Waals surface area (Å²) >= 11 is 0. The van der Waals surface area contributed by atoms with Crippen LogP contribution in [-0.4, -0.2) is 23.2 Å². The van der Waals surface area contributed by atoms with Crippen molar-refractivity contribution in [3.8, 4) is 11.3 Å². The van der Waals surface area contributed by atoms with E-state index in [1.165, 1.54) is 31.4 Å². The molecule has 0 saturated carbocycles. The van der Waals surface area contributed by atoms with E-state index in [0.29, 0.717) is 12.1 Å². The number of hydrogen-bond acceptors (Lipinski definition) is 6. The zero-order valence-electron chi connectivity index (χ0n) is 12.8. The van der Waals surface area contributed by atoms with Crippen molar-refractivity contribution in [1.82, 2.24) is 10.1 Å². The van der Waals surface area contributed by atoms with Gasteiger partial charge in [-0.2, -0.15) is 0 Å². The van der Waals surface area contributed by atoms with Gasteiger partial charge in [0, 0.05) is 24.5 Å². The molecule has 0 aliphatic heterocycles. The van der Waals surface area contributed by atoms with Crippen molar-refractivity contribution in [2.24, 2.45) is 0 Å². The molecule has 0 fully saturated rings. The van der Waals surface area contributed by atoms with Gasteiger partial charge in [-0.3, -0.25) is 4.98 Å². The first-order valence-corrected chi connectivity index (χ1v) is 7.15. The molecule has 0 radical (unpaired) electrons. The van der Waals surface area contributed by atoms with Gasteiger partial charge >= 0.3 is 5.97 Å². The minimum atomic E-state index is -0.593. The Kier molecular flexibility index (Phi) is 4.51. The molecule has 0 aliphatic rings. The van der Waals surface area contributed by atoms with Gasteiger partial charge in [0.05, 0.1) is 7.11 Å². The monoisotopic (exact) mass is 327 g/mol. The van der Waals surface area contributed by atoms with Gasteiger partial charge < -0.3 is 14.6 Å². The highest BCUT2D eigenvalue weighted by molar-refractivity contribution is 6.00. The summed E-state index contributed by atoms with van der Waals surface area (Å²) in [5.41, 5.74) is 1.91. The van der Waals surface area contributed by atoms with E-state index in [1.54, 1.807) is 12.4 Å². The summed E-state index contributed by atoms with van der Waals surface area (Å²) in [5, 5.41) is 6.92. The highest BCUT2D eigenvalue weighted by Gasteiger charge is 2.24. The van der Waals surface area contributed by atoms with Gasteiger partial charge in [-0.15, -0.1) is 0 Å². The Balaban J connectivity index is 1.92. The van der Waals surface area contributed by atoms with Crippen molar-refractivity contribution in [1.29, 1.82) is 0 Å². The van der Waals surface area contributed by atoms with E-state index in [9.17, 15) is 9.18 Å². The Morgan fingerprint density at radius 1 is 1.29 bits per heavy atom. The lowest BCUT2D eigenvalue weighted by atomic mass is 10.1. The third-order valence-electron chi connectivity index (χ3n) is 3.38. The molecule has 2 aromatic heterocycles. The second kappa shape index (κ2) is 6.91. The molecule has 0 atom stereocenters.